The van der Waals surface area contributed by atoms with Crippen molar-refractivity contribution in [1.29, 1.82) is 0 Å². The molecule has 1 N–H and O–H groups in total. The number of nitrogens with one attached hydrogen (secondary N) is 1. The molecule has 7 heteroatoms. The Labute approximate surface area is 203 Å². The van der Waals surface area contributed by atoms with Crippen molar-refractivity contribution >= 4 is 23.7 Å². The van der Waals surface area contributed by atoms with E-state index < -0.39 is 23.9 Å². The molecule has 0 spiro atoms. The van der Waals surface area contributed by atoms with Gasteiger partial charge in [0.1, 0.15) is 0 Å². The van der Waals surface area contributed by atoms with Crippen molar-refractivity contribution < 1.29 is 23.9 Å². The Morgan fingerprint density at radius 2 is 1.49 bits per heavy atom. The Morgan fingerprint density at radius 1 is 0.857 bits per heavy atom. The number of hydrogen-bond donors (Lipinski definition) is 1. The van der Waals surface area contributed by atoms with Gasteiger partial charge in [-0.15, -0.1) is 0 Å². The largest absolute Gasteiger partial charge is 0.449 e. The molecule has 3 amide bonds. The zero-order chi connectivity index (χ0) is 24.9. The number of rotatable bonds is 8. The van der Waals surface area contributed by atoms with Crippen LogP contribution < -0.4 is 5.32 Å². The number of fused-ring (bicyclic) bond motifs is 1. The summed E-state index contributed by atoms with van der Waals surface area (Å²) >= 11 is 0. The van der Waals surface area contributed by atoms with Crippen LogP contribution in [0.4, 0.5) is 0 Å². The molecule has 0 aromatic heterocycles. The van der Waals surface area contributed by atoms with Gasteiger partial charge in [0.05, 0.1) is 22.7 Å². The van der Waals surface area contributed by atoms with Gasteiger partial charge >= 0.3 is 5.97 Å². The van der Waals surface area contributed by atoms with Crippen LogP contribution in [0.5, 0.6) is 0 Å². The van der Waals surface area contributed by atoms with Crippen molar-refractivity contribution in [3.63, 3.8) is 0 Å². The zero-order valence-electron chi connectivity index (χ0n) is 19.6. The lowest BCUT2D eigenvalue weighted by molar-refractivity contribution is -0.129. The molecule has 2 unspecified atom stereocenters. The van der Waals surface area contributed by atoms with Crippen molar-refractivity contribution in [3.05, 3.63) is 107 Å². The third kappa shape index (κ3) is 5.30. The van der Waals surface area contributed by atoms with Gasteiger partial charge in [-0.3, -0.25) is 19.3 Å². The van der Waals surface area contributed by atoms with Gasteiger partial charge in [-0.2, -0.15) is 0 Å². The summed E-state index contributed by atoms with van der Waals surface area (Å²) in [5.41, 5.74) is 2.46. The van der Waals surface area contributed by atoms with E-state index in [4.69, 9.17) is 4.74 Å². The number of amides is 3. The number of imide groups is 1. The minimum Gasteiger partial charge on any atom is -0.449 e. The molecule has 0 fully saturated rings. The van der Waals surface area contributed by atoms with Crippen molar-refractivity contribution in [3.8, 4) is 0 Å². The van der Waals surface area contributed by atoms with Gasteiger partial charge in [0.25, 0.3) is 17.7 Å². The standard InChI is InChI=1S/C28H26N2O5/c1-18(21-11-7-4-8-12-21)29-25(31)19(2)35-28(34)22-13-14-23-24(17-22)27(33)30(26(23)32)16-15-20-9-5-3-6-10-20/h3-14,17-19H,15-16H2,1-2H3,(H,29,31). The van der Waals surface area contributed by atoms with E-state index in [0.717, 1.165) is 11.1 Å². The zero-order valence-corrected chi connectivity index (χ0v) is 19.6. The van der Waals surface area contributed by atoms with E-state index in [1.807, 2.05) is 67.6 Å². The molecule has 1 aliphatic heterocycles. The Kier molecular flexibility index (Phi) is 7.06. The molecule has 0 radical (unpaired) electrons. The summed E-state index contributed by atoms with van der Waals surface area (Å²) in [7, 11) is 0. The first kappa shape index (κ1) is 23.9. The summed E-state index contributed by atoms with van der Waals surface area (Å²) in [6, 6.07) is 23.0. The third-order valence-corrected chi connectivity index (χ3v) is 5.98. The van der Waals surface area contributed by atoms with E-state index in [9.17, 15) is 19.2 Å². The van der Waals surface area contributed by atoms with E-state index in [2.05, 4.69) is 5.32 Å². The second kappa shape index (κ2) is 10.3. The minimum absolute atomic E-state index is 0.102. The summed E-state index contributed by atoms with van der Waals surface area (Å²) in [6.45, 7) is 3.57. The summed E-state index contributed by atoms with van der Waals surface area (Å²) in [6.07, 6.45) is -0.503. The average Bonchev–Trinajstić information content (AvgIpc) is 3.12. The second-order valence-corrected chi connectivity index (χ2v) is 8.45. The van der Waals surface area contributed by atoms with E-state index >= 15 is 0 Å². The summed E-state index contributed by atoms with van der Waals surface area (Å²) < 4.78 is 5.33. The molecule has 1 heterocycles. The van der Waals surface area contributed by atoms with Crippen molar-refractivity contribution in [1.82, 2.24) is 10.2 Å². The fourth-order valence-corrected chi connectivity index (χ4v) is 3.94. The highest BCUT2D eigenvalue weighted by atomic mass is 16.5. The van der Waals surface area contributed by atoms with Crippen LogP contribution in [0.2, 0.25) is 0 Å². The van der Waals surface area contributed by atoms with Crippen molar-refractivity contribution in [2.75, 3.05) is 6.54 Å². The van der Waals surface area contributed by atoms with Crippen LogP contribution in [0.1, 0.15) is 62.1 Å². The summed E-state index contributed by atoms with van der Waals surface area (Å²) in [5.74, 6) is -2.01. The van der Waals surface area contributed by atoms with Gasteiger partial charge in [-0.1, -0.05) is 60.7 Å². The molecule has 3 aromatic rings. The summed E-state index contributed by atoms with van der Waals surface area (Å²) in [5, 5.41) is 2.82. The first-order chi connectivity index (χ1) is 16.8. The maximum Gasteiger partial charge on any atom is 0.338 e. The maximum absolute atomic E-state index is 12.9. The van der Waals surface area contributed by atoms with Gasteiger partial charge in [0, 0.05) is 6.54 Å². The predicted octanol–water partition coefficient (Wildman–Crippen LogP) is 3.95. The van der Waals surface area contributed by atoms with Gasteiger partial charge in [-0.05, 0) is 49.6 Å². The molecule has 0 aliphatic carbocycles. The van der Waals surface area contributed by atoms with Crippen LogP contribution in [0.15, 0.2) is 78.9 Å². The SMILES string of the molecule is CC(OC(=O)c1ccc2c(c1)C(=O)N(CCc1ccccc1)C2=O)C(=O)NC(C)c1ccccc1. The number of hydrogen-bond acceptors (Lipinski definition) is 5. The van der Waals surface area contributed by atoms with Gasteiger partial charge < -0.3 is 10.1 Å². The van der Waals surface area contributed by atoms with Crippen LogP contribution >= 0.6 is 0 Å². The van der Waals surface area contributed by atoms with E-state index in [-0.39, 0.29) is 35.2 Å². The molecule has 4 rings (SSSR count). The highest BCUT2D eigenvalue weighted by Crippen LogP contribution is 2.25. The van der Waals surface area contributed by atoms with Crippen molar-refractivity contribution in [2.24, 2.45) is 0 Å². The number of ether oxygens (including phenoxy) is 1. The lowest BCUT2D eigenvalue weighted by Crippen LogP contribution is -2.37. The molecule has 0 saturated carbocycles. The molecule has 178 valence electrons. The number of nitrogens with zero attached hydrogens (tertiary/aromatic N) is 1. The fourth-order valence-electron chi connectivity index (χ4n) is 3.94. The normalized spacial score (nSPS) is 14.3. The molecule has 0 saturated heterocycles. The third-order valence-electron chi connectivity index (χ3n) is 5.98. The highest BCUT2D eigenvalue weighted by Gasteiger charge is 2.36. The van der Waals surface area contributed by atoms with Gasteiger partial charge in [0.15, 0.2) is 6.10 Å². The molecule has 1 aliphatic rings. The van der Waals surface area contributed by atoms with Gasteiger partial charge in [0.2, 0.25) is 0 Å². The maximum atomic E-state index is 12.9. The average molecular weight is 471 g/mol. The van der Waals surface area contributed by atoms with E-state index in [0.29, 0.717) is 6.42 Å². The quantitative estimate of drug-likeness (QED) is 0.398. The van der Waals surface area contributed by atoms with Crippen LogP contribution in [-0.2, 0) is 16.0 Å². The van der Waals surface area contributed by atoms with E-state index in [1.165, 1.54) is 30.0 Å². The van der Waals surface area contributed by atoms with Gasteiger partial charge in [-0.25, -0.2) is 4.79 Å². The fraction of sp³-hybridized carbons (Fsp3) is 0.214. The molecular formula is C28H26N2O5. The number of carbonyl (C=O) groups is 4. The van der Waals surface area contributed by atoms with Crippen molar-refractivity contribution in [2.45, 2.75) is 32.4 Å². The monoisotopic (exact) mass is 470 g/mol. The molecule has 2 atom stereocenters. The Morgan fingerprint density at radius 3 is 2.17 bits per heavy atom. The van der Waals surface area contributed by atoms with Crippen LogP contribution in [-0.4, -0.2) is 41.2 Å². The number of esters is 1. The number of carbonyl (C=O) groups excluding carboxylic acids is 4. The first-order valence-electron chi connectivity index (χ1n) is 11.5. The predicted molar refractivity (Wildman–Crippen MR) is 130 cm³/mol. The lowest BCUT2D eigenvalue weighted by atomic mass is 10.1. The molecule has 0 bridgehead atoms. The molecule has 3 aromatic carbocycles. The molecule has 35 heavy (non-hydrogen) atoms. The Hall–Kier alpha value is -4.26. The van der Waals surface area contributed by atoms with Crippen LogP contribution in [0.3, 0.4) is 0 Å². The van der Waals surface area contributed by atoms with Crippen LogP contribution in [0.25, 0.3) is 0 Å². The second-order valence-electron chi connectivity index (χ2n) is 8.45. The van der Waals surface area contributed by atoms with Crippen LogP contribution in [0, 0.1) is 0 Å². The summed E-state index contributed by atoms with van der Waals surface area (Å²) in [4.78, 5) is 52.0. The smallest absolute Gasteiger partial charge is 0.338 e. The molecular weight excluding hydrogens is 444 g/mol. The lowest BCUT2D eigenvalue weighted by Gasteiger charge is -2.18. The van der Waals surface area contributed by atoms with E-state index in [1.54, 1.807) is 0 Å². The highest BCUT2D eigenvalue weighted by molar-refractivity contribution is 6.22. The Bertz CT molecular complexity index is 1260. The topological polar surface area (TPSA) is 92.8 Å². The number of benzene rings is 3. The minimum atomic E-state index is -1.04. The Balaban J connectivity index is 1.39. The molecule has 7 nitrogen and oxygen atoms in total. The first-order valence-corrected chi connectivity index (χ1v) is 11.5.